The Labute approximate surface area is 127 Å². The van der Waals surface area contributed by atoms with E-state index in [0.29, 0.717) is 19.3 Å². The molecule has 1 saturated heterocycles. The van der Waals surface area contributed by atoms with Gasteiger partial charge in [0.05, 0.1) is 0 Å². The summed E-state index contributed by atoms with van der Waals surface area (Å²) in [5.74, 6) is -2.17. The Hall–Kier alpha value is -1.27. The number of carboxylic acid groups (broad SMARTS) is 1. The fraction of sp³-hybridized carbons (Fsp3) is 0.867. The van der Waals surface area contributed by atoms with Gasteiger partial charge in [0.15, 0.2) is 5.41 Å². The minimum atomic E-state index is -4.85. The first-order chi connectivity index (χ1) is 10.2. The molecule has 0 spiro atoms. The van der Waals surface area contributed by atoms with Crippen LogP contribution in [0.5, 0.6) is 0 Å². The predicted octanol–water partition coefficient (Wildman–Crippen LogP) is 3.21. The van der Waals surface area contributed by atoms with Crippen molar-refractivity contribution in [3.05, 3.63) is 0 Å². The number of aliphatic carboxylic acids is 1. The van der Waals surface area contributed by atoms with E-state index in [9.17, 15) is 22.8 Å². The zero-order chi connectivity index (χ0) is 16.6. The van der Waals surface area contributed by atoms with Crippen molar-refractivity contribution in [1.82, 2.24) is 4.90 Å². The summed E-state index contributed by atoms with van der Waals surface area (Å²) < 4.78 is 39.6. The quantitative estimate of drug-likeness (QED) is 0.868. The molecule has 2 rings (SSSR count). The third-order valence-electron chi connectivity index (χ3n) is 5.45. The van der Waals surface area contributed by atoms with E-state index >= 15 is 0 Å². The van der Waals surface area contributed by atoms with Crippen molar-refractivity contribution < 1.29 is 27.9 Å². The molecule has 1 aliphatic carbocycles. The molecule has 0 radical (unpaired) electrons. The molecule has 0 aromatic heterocycles. The highest BCUT2D eigenvalue weighted by Gasteiger charge is 2.64. The monoisotopic (exact) mass is 321 g/mol. The van der Waals surface area contributed by atoms with Crippen LogP contribution in [0.25, 0.3) is 0 Å². The number of carboxylic acids is 1. The highest BCUT2D eigenvalue weighted by Crippen LogP contribution is 2.48. The average Bonchev–Trinajstić information content (AvgIpc) is 2.93. The molecule has 1 saturated carbocycles. The molecule has 126 valence electrons. The number of likely N-dealkylation sites (tertiary alicyclic amines) is 1. The number of carbonyl (C=O) groups is 2. The first kappa shape index (κ1) is 17.1. The summed E-state index contributed by atoms with van der Waals surface area (Å²) in [4.78, 5) is 25.1. The molecule has 1 unspecified atom stereocenters. The first-order valence-electron chi connectivity index (χ1n) is 7.78. The van der Waals surface area contributed by atoms with Gasteiger partial charge in [-0.2, -0.15) is 13.2 Å². The Morgan fingerprint density at radius 1 is 1.14 bits per heavy atom. The van der Waals surface area contributed by atoms with Gasteiger partial charge in [-0.3, -0.25) is 9.59 Å². The van der Waals surface area contributed by atoms with E-state index in [1.165, 1.54) is 0 Å². The minimum Gasteiger partial charge on any atom is -0.481 e. The molecule has 22 heavy (non-hydrogen) atoms. The van der Waals surface area contributed by atoms with Crippen LogP contribution in [-0.4, -0.2) is 41.1 Å². The van der Waals surface area contributed by atoms with Gasteiger partial charge in [-0.05, 0) is 25.7 Å². The van der Waals surface area contributed by atoms with Gasteiger partial charge in [-0.15, -0.1) is 0 Å². The molecule has 0 bridgehead atoms. The van der Waals surface area contributed by atoms with Crippen LogP contribution in [0.1, 0.15) is 51.9 Å². The van der Waals surface area contributed by atoms with Crippen LogP contribution in [0.2, 0.25) is 0 Å². The van der Waals surface area contributed by atoms with Crippen LogP contribution in [0.15, 0.2) is 0 Å². The fourth-order valence-corrected chi connectivity index (χ4v) is 3.79. The molecule has 1 amide bonds. The van der Waals surface area contributed by atoms with Crippen molar-refractivity contribution in [2.45, 2.75) is 58.0 Å². The van der Waals surface area contributed by atoms with Crippen LogP contribution in [-0.2, 0) is 9.59 Å². The zero-order valence-electron chi connectivity index (χ0n) is 12.7. The zero-order valence-corrected chi connectivity index (χ0v) is 12.7. The van der Waals surface area contributed by atoms with E-state index in [0.717, 1.165) is 24.2 Å². The van der Waals surface area contributed by atoms with E-state index in [2.05, 4.69) is 0 Å². The number of nitrogens with zero attached hydrogens (tertiary/aromatic N) is 1. The van der Waals surface area contributed by atoms with E-state index in [-0.39, 0.29) is 12.5 Å². The van der Waals surface area contributed by atoms with Crippen LogP contribution in [0.3, 0.4) is 0 Å². The van der Waals surface area contributed by atoms with Gasteiger partial charge in [0.2, 0.25) is 5.91 Å². The van der Waals surface area contributed by atoms with E-state index in [4.69, 9.17) is 5.11 Å². The van der Waals surface area contributed by atoms with Gasteiger partial charge in [-0.1, -0.05) is 26.2 Å². The lowest BCUT2D eigenvalue weighted by Gasteiger charge is -2.38. The Kier molecular flexibility index (Phi) is 4.46. The summed E-state index contributed by atoms with van der Waals surface area (Å²) in [6.45, 7) is 0.992. The Balaban J connectivity index is 2.21. The molecule has 2 fully saturated rings. The second kappa shape index (κ2) is 5.74. The normalized spacial score (nSPS) is 28.6. The Bertz CT molecular complexity index is 457. The summed E-state index contributed by atoms with van der Waals surface area (Å²) in [6, 6.07) is 0. The van der Waals surface area contributed by atoms with Gasteiger partial charge in [0.1, 0.15) is 0 Å². The topological polar surface area (TPSA) is 57.6 Å². The second-order valence-corrected chi connectivity index (χ2v) is 6.56. The molecule has 7 heteroatoms. The van der Waals surface area contributed by atoms with E-state index < -0.39 is 35.9 Å². The van der Waals surface area contributed by atoms with Crippen LogP contribution in [0.4, 0.5) is 13.2 Å². The lowest BCUT2D eigenvalue weighted by Crippen LogP contribution is -2.50. The maximum atomic E-state index is 13.2. The van der Waals surface area contributed by atoms with Crippen molar-refractivity contribution >= 4 is 11.9 Å². The fourth-order valence-electron chi connectivity index (χ4n) is 3.79. The summed E-state index contributed by atoms with van der Waals surface area (Å²) >= 11 is 0. The van der Waals surface area contributed by atoms with Crippen molar-refractivity contribution in [1.29, 1.82) is 0 Å². The standard InChI is InChI=1S/C15H22F3NO3/c1-2-13(6-4-3-5-7-13)11(20)19-9-8-14(10-19,12(21)22)15(16,17)18/h2-10H2,1H3,(H,21,22). The van der Waals surface area contributed by atoms with Gasteiger partial charge >= 0.3 is 12.1 Å². The number of rotatable bonds is 3. The van der Waals surface area contributed by atoms with Crippen molar-refractivity contribution in [2.75, 3.05) is 13.1 Å². The van der Waals surface area contributed by atoms with Crippen LogP contribution < -0.4 is 0 Å². The Morgan fingerprint density at radius 2 is 1.73 bits per heavy atom. The molecule has 2 aliphatic rings. The predicted molar refractivity (Wildman–Crippen MR) is 73.1 cm³/mol. The molecule has 1 atom stereocenters. The number of carbonyl (C=O) groups excluding carboxylic acids is 1. The first-order valence-corrected chi connectivity index (χ1v) is 7.78. The molecular formula is C15H22F3NO3. The number of hydrogen-bond acceptors (Lipinski definition) is 2. The van der Waals surface area contributed by atoms with Gasteiger partial charge in [0.25, 0.3) is 0 Å². The molecular weight excluding hydrogens is 299 g/mol. The largest absolute Gasteiger partial charge is 0.481 e. The minimum absolute atomic E-state index is 0.133. The molecule has 1 aliphatic heterocycles. The second-order valence-electron chi connectivity index (χ2n) is 6.56. The lowest BCUT2D eigenvalue weighted by atomic mass is 9.71. The number of halogens is 3. The van der Waals surface area contributed by atoms with Gasteiger partial charge in [-0.25, -0.2) is 0 Å². The molecule has 1 heterocycles. The maximum absolute atomic E-state index is 13.2. The van der Waals surface area contributed by atoms with Crippen molar-refractivity contribution in [3.63, 3.8) is 0 Å². The summed E-state index contributed by atoms with van der Waals surface area (Å²) in [5.41, 5.74) is -3.41. The molecule has 0 aromatic rings. The third-order valence-corrected chi connectivity index (χ3v) is 5.45. The van der Waals surface area contributed by atoms with Crippen LogP contribution >= 0.6 is 0 Å². The third kappa shape index (κ3) is 2.58. The summed E-state index contributed by atoms with van der Waals surface area (Å²) in [6.07, 6.45) is -0.606. The number of amides is 1. The molecule has 4 nitrogen and oxygen atoms in total. The SMILES string of the molecule is CCC1(C(=O)N2CCC(C(=O)O)(C(F)(F)F)C2)CCCCC1. The Morgan fingerprint density at radius 3 is 2.14 bits per heavy atom. The molecule has 1 N–H and O–H groups in total. The van der Waals surface area contributed by atoms with Crippen molar-refractivity contribution in [2.24, 2.45) is 10.8 Å². The number of hydrogen-bond donors (Lipinski definition) is 1. The summed E-state index contributed by atoms with van der Waals surface area (Å²) in [7, 11) is 0. The summed E-state index contributed by atoms with van der Waals surface area (Å²) in [5, 5.41) is 9.07. The average molecular weight is 321 g/mol. The van der Waals surface area contributed by atoms with E-state index in [1.807, 2.05) is 6.92 Å². The highest BCUT2D eigenvalue weighted by atomic mass is 19.4. The maximum Gasteiger partial charge on any atom is 0.406 e. The smallest absolute Gasteiger partial charge is 0.406 e. The highest BCUT2D eigenvalue weighted by molar-refractivity contribution is 5.85. The van der Waals surface area contributed by atoms with Gasteiger partial charge < -0.3 is 10.0 Å². The molecule has 0 aromatic carbocycles. The van der Waals surface area contributed by atoms with E-state index in [1.54, 1.807) is 0 Å². The lowest BCUT2D eigenvalue weighted by molar-refractivity contribution is -0.227. The van der Waals surface area contributed by atoms with Crippen molar-refractivity contribution in [3.8, 4) is 0 Å². The van der Waals surface area contributed by atoms with Crippen LogP contribution in [0, 0.1) is 10.8 Å². The number of alkyl halides is 3. The van der Waals surface area contributed by atoms with Gasteiger partial charge in [0, 0.05) is 18.5 Å².